The maximum absolute atomic E-state index is 12.9. The van der Waals surface area contributed by atoms with Crippen LogP contribution in [0.25, 0.3) is 0 Å². The Bertz CT molecular complexity index is 820. The molecule has 1 aliphatic carbocycles. The van der Waals surface area contributed by atoms with Gasteiger partial charge >= 0.3 is 12.1 Å². The Hall–Kier alpha value is -2.12. The number of nitrogens with zero attached hydrogens (tertiary/aromatic N) is 2. The van der Waals surface area contributed by atoms with Crippen LogP contribution in [0, 0.1) is 18.8 Å². The largest absolute Gasteiger partial charge is 0.480 e. The minimum absolute atomic E-state index is 0.199. The van der Waals surface area contributed by atoms with Gasteiger partial charge in [0.15, 0.2) is 0 Å². The molecule has 2 N–H and O–H groups in total. The second-order valence-corrected chi connectivity index (χ2v) is 11.3. The van der Waals surface area contributed by atoms with Crippen LogP contribution in [0.3, 0.4) is 0 Å². The third-order valence-corrected chi connectivity index (χ3v) is 7.68. The summed E-state index contributed by atoms with van der Waals surface area (Å²) in [6.45, 7) is 12.4. The average Bonchev–Trinajstić information content (AvgIpc) is 3.28. The summed E-state index contributed by atoms with van der Waals surface area (Å²) in [7, 11) is 0. The Balaban J connectivity index is 1.42. The monoisotopic (exact) mass is 501 g/mol. The molecule has 7 nitrogen and oxygen atoms in total. The van der Waals surface area contributed by atoms with Gasteiger partial charge in [0.1, 0.15) is 12.6 Å². The van der Waals surface area contributed by atoms with Crippen LogP contribution in [0.2, 0.25) is 0 Å². The Kier molecular flexibility index (Phi) is 11.1. The average molecular weight is 502 g/mol. The van der Waals surface area contributed by atoms with E-state index < -0.39 is 12.0 Å². The lowest BCUT2D eigenvalue weighted by Crippen LogP contribution is -2.48. The van der Waals surface area contributed by atoms with Gasteiger partial charge in [0.25, 0.3) is 0 Å². The minimum atomic E-state index is -0.733. The number of amides is 1. The van der Waals surface area contributed by atoms with Crippen molar-refractivity contribution in [3.8, 4) is 0 Å². The number of carbonyl (C=O) groups is 2. The van der Waals surface area contributed by atoms with Gasteiger partial charge in [0, 0.05) is 38.3 Å². The molecule has 3 unspecified atom stereocenters. The summed E-state index contributed by atoms with van der Waals surface area (Å²) in [5.74, 6) is 0.242. The molecule has 1 aromatic carbocycles. The van der Waals surface area contributed by atoms with E-state index in [2.05, 4.69) is 37.9 Å². The lowest BCUT2D eigenvalue weighted by molar-refractivity contribution is -0.140. The Morgan fingerprint density at radius 2 is 1.83 bits per heavy atom. The summed E-state index contributed by atoms with van der Waals surface area (Å²) in [5, 5.41) is 13.0. The highest BCUT2D eigenvalue weighted by atomic mass is 16.6. The first kappa shape index (κ1) is 28.5. The predicted octanol–water partition coefficient (Wildman–Crippen LogP) is 5.07. The lowest BCUT2D eigenvalue weighted by atomic mass is 10.00. The molecule has 1 heterocycles. The minimum Gasteiger partial charge on any atom is -0.480 e. The SMILES string of the molecule is CCCN(C(=O)OCc1ccc(C)cc1)C1CCN(CC2CCC(NC(CC(C)C)C(=O)O)C2)CC1. The maximum atomic E-state index is 12.9. The Morgan fingerprint density at radius 1 is 1.14 bits per heavy atom. The molecular weight excluding hydrogens is 454 g/mol. The molecule has 7 heteroatoms. The highest BCUT2D eigenvalue weighted by Gasteiger charge is 2.33. The van der Waals surface area contributed by atoms with Crippen molar-refractivity contribution < 1.29 is 19.4 Å². The van der Waals surface area contributed by atoms with Gasteiger partial charge < -0.3 is 25.0 Å². The second-order valence-electron chi connectivity index (χ2n) is 11.3. The fraction of sp³-hybridized carbons (Fsp3) is 0.724. The number of nitrogens with one attached hydrogen (secondary N) is 1. The van der Waals surface area contributed by atoms with Crippen molar-refractivity contribution >= 4 is 12.1 Å². The van der Waals surface area contributed by atoms with E-state index in [4.69, 9.17) is 4.74 Å². The van der Waals surface area contributed by atoms with E-state index in [1.807, 2.05) is 29.2 Å². The second kappa shape index (κ2) is 14.0. The van der Waals surface area contributed by atoms with Gasteiger partial charge in [-0.3, -0.25) is 4.79 Å². The fourth-order valence-electron chi connectivity index (χ4n) is 5.74. The van der Waals surface area contributed by atoms with Crippen LogP contribution in [0.1, 0.15) is 76.8 Å². The number of benzene rings is 1. The van der Waals surface area contributed by atoms with E-state index in [1.54, 1.807) is 0 Å². The zero-order valence-corrected chi connectivity index (χ0v) is 22.7. The molecule has 0 radical (unpaired) electrons. The molecular formula is C29H47N3O4. The van der Waals surface area contributed by atoms with Crippen LogP contribution in [-0.4, -0.2) is 71.3 Å². The molecule has 0 bridgehead atoms. The fourth-order valence-corrected chi connectivity index (χ4v) is 5.74. The summed E-state index contributed by atoms with van der Waals surface area (Å²) in [5.41, 5.74) is 2.22. The Labute approximate surface area is 217 Å². The van der Waals surface area contributed by atoms with Gasteiger partial charge in [0.05, 0.1) is 0 Å². The van der Waals surface area contributed by atoms with Gasteiger partial charge in [-0.15, -0.1) is 0 Å². The molecule has 0 aromatic heterocycles. The molecule has 1 aromatic rings. The van der Waals surface area contributed by atoms with E-state index >= 15 is 0 Å². The van der Waals surface area contributed by atoms with Crippen molar-refractivity contribution in [2.24, 2.45) is 11.8 Å². The molecule has 202 valence electrons. The lowest BCUT2D eigenvalue weighted by Gasteiger charge is -2.38. The van der Waals surface area contributed by atoms with E-state index in [0.29, 0.717) is 30.9 Å². The zero-order chi connectivity index (χ0) is 26.1. The van der Waals surface area contributed by atoms with Crippen molar-refractivity contribution in [3.05, 3.63) is 35.4 Å². The number of hydrogen-bond donors (Lipinski definition) is 2. The molecule has 1 aliphatic heterocycles. The summed E-state index contributed by atoms with van der Waals surface area (Å²) in [6, 6.07) is 8.21. The van der Waals surface area contributed by atoms with Crippen LogP contribution in [0.5, 0.6) is 0 Å². The number of carboxylic acid groups (broad SMARTS) is 1. The number of ether oxygens (including phenoxy) is 1. The van der Waals surface area contributed by atoms with Gasteiger partial charge in [-0.2, -0.15) is 0 Å². The smallest absolute Gasteiger partial charge is 0.410 e. The summed E-state index contributed by atoms with van der Waals surface area (Å²) >= 11 is 0. The first-order valence-electron chi connectivity index (χ1n) is 13.9. The van der Waals surface area contributed by atoms with Gasteiger partial charge in [-0.25, -0.2) is 4.79 Å². The maximum Gasteiger partial charge on any atom is 0.410 e. The molecule has 3 rings (SSSR count). The Morgan fingerprint density at radius 3 is 2.44 bits per heavy atom. The number of rotatable bonds is 12. The van der Waals surface area contributed by atoms with Crippen LogP contribution in [-0.2, 0) is 16.1 Å². The highest BCUT2D eigenvalue weighted by molar-refractivity contribution is 5.73. The number of hydrogen-bond acceptors (Lipinski definition) is 5. The van der Waals surface area contributed by atoms with Crippen molar-refractivity contribution in [2.45, 2.75) is 97.4 Å². The standard InChI is InChI=1S/C29H47N3O4/c1-5-14-32(29(35)36-20-23-8-6-22(4)7-9-23)26-12-15-31(16-13-26)19-24-10-11-25(18-24)30-27(28(33)34)17-21(2)3/h6-9,21,24-27,30H,5,10-20H2,1-4H3,(H,33,34). The highest BCUT2D eigenvalue weighted by Crippen LogP contribution is 2.29. The van der Waals surface area contributed by atoms with E-state index in [9.17, 15) is 14.7 Å². The summed E-state index contributed by atoms with van der Waals surface area (Å²) in [4.78, 5) is 29.0. The van der Waals surface area contributed by atoms with Crippen LogP contribution in [0.4, 0.5) is 4.79 Å². The van der Waals surface area contributed by atoms with Crippen molar-refractivity contribution in [2.75, 3.05) is 26.2 Å². The molecule has 1 saturated heterocycles. The van der Waals surface area contributed by atoms with Crippen LogP contribution >= 0.6 is 0 Å². The predicted molar refractivity (Wildman–Crippen MR) is 143 cm³/mol. The molecule has 2 fully saturated rings. The zero-order valence-electron chi connectivity index (χ0n) is 22.7. The summed E-state index contributed by atoms with van der Waals surface area (Å²) < 4.78 is 5.68. The number of aryl methyl sites for hydroxylation is 1. The number of carboxylic acids is 1. The van der Waals surface area contributed by atoms with Gasteiger partial charge in [0.2, 0.25) is 0 Å². The number of aliphatic carboxylic acids is 1. The van der Waals surface area contributed by atoms with E-state index in [-0.39, 0.29) is 12.1 Å². The van der Waals surface area contributed by atoms with E-state index in [1.165, 1.54) is 5.56 Å². The molecule has 3 atom stereocenters. The topological polar surface area (TPSA) is 82.1 Å². The molecule has 0 spiro atoms. The van der Waals surface area contributed by atoms with E-state index in [0.717, 1.165) is 70.3 Å². The number of carbonyl (C=O) groups excluding carboxylic acids is 1. The third kappa shape index (κ3) is 8.77. The summed E-state index contributed by atoms with van der Waals surface area (Å²) in [6.07, 6.45) is 6.60. The van der Waals surface area contributed by atoms with Crippen LogP contribution in [0.15, 0.2) is 24.3 Å². The first-order chi connectivity index (χ1) is 17.2. The number of likely N-dealkylation sites (tertiary alicyclic amines) is 1. The van der Waals surface area contributed by atoms with Crippen molar-refractivity contribution in [1.29, 1.82) is 0 Å². The third-order valence-electron chi connectivity index (χ3n) is 7.68. The molecule has 1 saturated carbocycles. The quantitative estimate of drug-likeness (QED) is 0.416. The van der Waals surface area contributed by atoms with Crippen molar-refractivity contribution in [1.82, 2.24) is 15.1 Å². The number of piperidine rings is 1. The normalized spacial score (nSPS) is 22.0. The molecule has 36 heavy (non-hydrogen) atoms. The first-order valence-corrected chi connectivity index (χ1v) is 13.9. The van der Waals surface area contributed by atoms with Gasteiger partial charge in [-0.05, 0) is 69.3 Å². The van der Waals surface area contributed by atoms with Crippen molar-refractivity contribution in [3.63, 3.8) is 0 Å². The molecule has 1 amide bonds. The van der Waals surface area contributed by atoms with Crippen LogP contribution < -0.4 is 5.32 Å². The van der Waals surface area contributed by atoms with Gasteiger partial charge in [-0.1, -0.05) is 50.6 Å². The molecule has 2 aliphatic rings.